The molecule has 118 valence electrons. The Kier molecular flexibility index (Phi) is 7.86. The molecular formula is C13H17Br2NO4S. The van der Waals surface area contributed by atoms with Crippen LogP contribution in [0.25, 0.3) is 0 Å². The third-order valence-corrected chi connectivity index (χ3v) is 5.74. The van der Waals surface area contributed by atoms with Crippen molar-refractivity contribution in [2.45, 2.75) is 37.0 Å². The number of carboxylic acids is 1. The van der Waals surface area contributed by atoms with Crippen LogP contribution in [-0.2, 0) is 14.8 Å². The molecule has 21 heavy (non-hydrogen) atoms. The number of benzene rings is 1. The predicted octanol–water partition coefficient (Wildman–Crippen LogP) is 3.53. The summed E-state index contributed by atoms with van der Waals surface area (Å²) in [5.74, 6) is -0.796. The van der Waals surface area contributed by atoms with Crippen LogP contribution in [0.1, 0.15) is 32.1 Å². The van der Waals surface area contributed by atoms with E-state index in [4.69, 9.17) is 5.11 Å². The molecule has 0 bridgehead atoms. The lowest BCUT2D eigenvalue weighted by molar-refractivity contribution is -0.137. The van der Waals surface area contributed by atoms with Gasteiger partial charge in [0.05, 0.1) is 4.90 Å². The number of carboxylic acid groups (broad SMARTS) is 1. The van der Waals surface area contributed by atoms with Gasteiger partial charge in [-0.15, -0.1) is 0 Å². The van der Waals surface area contributed by atoms with Crippen LogP contribution in [-0.4, -0.2) is 26.0 Å². The van der Waals surface area contributed by atoms with Crippen LogP contribution in [0, 0.1) is 0 Å². The molecule has 0 fully saturated rings. The molecule has 5 nitrogen and oxygen atoms in total. The summed E-state index contributed by atoms with van der Waals surface area (Å²) in [6, 6.07) is 4.97. The van der Waals surface area contributed by atoms with Gasteiger partial charge in [0.25, 0.3) is 0 Å². The van der Waals surface area contributed by atoms with Crippen molar-refractivity contribution in [2.24, 2.45) is 0 Å². The fraction of sp³-hybridized carbons (Fsp3) is 0.462. The molecule has 0 spiro atoms. The molecule has 8 heteroatoms. The van der Waals surface area contributed by atoms with Gasteiger partial charge in [-0.3, -0.25) is 4.79 Å². The second-order valence-corrected chi connectivity index (χ2v) is 8.04. The van der Waals surface area contributed by atoms with E-state index in [1.165, 1.54) is 0 Å². The zero-order chi connectivity index (χ0) is 15.9. The monoisotopic (exact) mass is 441 g/mol. The molecule has 0 aliphatic carbocycles. The highest BCUT2D eigenvalue weighted by Crippen LogP contribution is 2.25. The molecule has 0 unspecified atom stereocenters. The molecule has 0 radical (unpaired) electrons. The second-order valence-electron chi connectivity index (χ2n) is 4.53. The van der Waals surface area contributed by atoms with Crippen molar-refractivity contribution >= 4 is 47.9 Å². The van der Waals surface area contributed by atoms with E-state index in [2.05, 4.69) is 36.6 Å². The molecule has 0 aliphatic rings. The maximum Gasteiger partial charge on any atom is 0.303 e. The van der Waals surface area contributed by atoms with E-state index in [9.17, 15) is 13.2 Å². The summed E-state index contributed by atoms with van der Waals surface area (Å²) in [5.41, 5.74) is 0. The lowest BCUT2D eigenvalue weighted by atomic mass is 10.1. The first kappa shape index (κ1) is 18.6. The molecule has 1 aromatic carbocycles. The van der Waals surface area contributed by atoms with Gasteiger partial charge in [0.1, 0.15) is 0 Å². The van der Waals surface area contributed by atoms with Crippen LogP contribution in [0.2, 0.25) is 0 Å². The maximum atomic E-state index is 12.1. The molecule has 1 aromatic rings. The van der Waals surface area contributed by atoms with Crippen LogP contribution < -0.4 is 4.72 Å². The minimum Gasteiger partial charge on any atom is -0.481 e. The van der Waals surface area contributed by atoms with E-state index in [-0.39, 0.29) is 11.3 Å². The Morgan fingerprint density at radius 1 is 1.14 bits per heavy atom. The third kappa shape index (κ3) is 6.90. The number of halogens is 2. The van der Waals surface area contributed by atoms with E-state index in [0.717, 1.165) is 12.8 Å². The van der Waals surface area contributed by atoms with Gasteiger partial charge < -0.3 is 5.11 Å². The minimum absolute atomic E-state index is 0.163. The van der Waals surface area contributed by atoms with Gasteiger partial charge in [0.2, 0.25) is 10.0 Å². The summed E-state index contributed by atoms with van der Waals surface area (Å²) in [6.07, 6.45) is 3.06. The average Bonchev–Trinajstić information content (AvgIpc) is 2.40. The Morgan fingerprint density at radius 2 is 1.81 bits per heavy atom. The number of nitrogens with one attached hydrogen (secondary N) is 1. The topological polar surface area (TPSA) is 83.5 Å². The van der Waals surface area contributed by atoms with E-state index in [1.54, 1.807) is 18.2 Å². The Hall–Kier alpha value is -0.440. The molecular weight excluding hydrogens is 426 g/mol. The van der Waals surface area contributed by atoms with Crippen LogP contribution in [0.3, 0.4) is 0 Å². The number of rotatable bonds is 9. The summed E-state index contributed by atoms with van der Waals surface area (Å²) in [4.78, 5) is 10.5. The zero-order valence-corrected chi connectivity index (χ0v) is 15.3. The average molecular weight is 443 g/mol. The van der Waals surface area contributed by atoms with Gasteiger partial charge >= 0.3 is 5.97 Å². The first-order valence-electron chi connectivity index (χ1n) is 6.49. The fourth-order valence-electron chi connectivity index (χ4n) is 1.72. The third-order valence-electron chi connectivity index (χ3n) is 2.79. The molecule has 0 amide bonds. The maximum absolute atomic E-state index is 12.1. The van der Waals surface area contributed by atoms with E-state index < -0.39 is 16.0 Å². The Balaban J connectivity index is 2.40. The number of hydrogen-bond acceptors (Lipinski definition) is 3. The highest BCUT2D eigenvalue weighted by Gasteiger charge is 2.17. The van der Waals surface area contributed by atoms with E-state index in [0.29, 0.717) is 28.3 Å². The second kappa shape index (κ2) is 8.87. The highest BCUT2D eigenvalue weighted by atomic mass is 79.9. The van der Waals surface area contributed by atoms with E-state index in [1.807, 2.05) is 0 Å². The quantitative estimate of drug-likeness (QED) is 0.573. The van der Waals surface area contributed by atoms with Crippen LogP contribution in [0.15, 0.2) is 32.0 Å². The van der Waals surface area contributed by atoms with Crippen molar-refractivity contribution in [1.29, 1.82) is 0 Å². The SMILES string of the molecule is O=C(O)CCCCCCNS(=O)(=O)c1cc(Br)ccc1Br. The minimum atomic E-state index is -3.54. The number of unbranched alkanes of at least 4 members (excludes halogenated alkanes) is 3. The molecule has 0 aliphatic heterocycles. The highest BCUT2D eigenvalue weighted by molar-refractivity contribution is 9.11. The standard InChI is InChI=1S/C13H17Br2NO4S/c14-10-6-7-11(15)12(9-10)21(19,20)16-8-4-2-1-3-5-13(17)18/h6-7,9,16H,1-5,8H2,(H,17,18). The molecule has 0 aromatic heterocycles. The van der Waals surface area contributed by atoms with Crippen molar-refractivity contribution in [3.63, 3.8) is 0 Å². The number of sulfonamides is 1. The zero-order valence-electron chi connectivity index (χ0n) is 11.3. The largest absolute Gasteiger partial charge is 0.481 e. The van der Waals surface area contributed by atoms with Gasteiger partial charge in [-0.05, 0) is 47.0 Å². The van der Waals surface area contributed by atoms with Crippen LogP contribution in [0.4, 0.5) is 0 Å². The number of carbonyl (C=O) groups is 1. The van der Waals surface area contributed by atoms with Crippen LogP contribution >= 0.6 is 31.9 Å². The molecule has 0 heterocycles. The molecule has 1 rings (SSSR count). The summed E-state index contributed by atoms with van der Waals surface area (Å²) in [6.45, 7) is 0.342. The molecule has 0 saturated heterocycles. The first-order valence-corrected chi connectivity index (χ1v) is 9.56. The summed E-state index contributed by atoms with van der Waals surface area (Å²) >= 11 is 6.48. The molecule has 0 atom stereocenters. The number of aliphatic carboxylic acids is 1. The van der Waals surface area contributed by atoms with Gasteiger partial charge in [0.15, 0.2) is 0 Å². The Bertz CT molecular complexity index is 590. The van der Waals surface area contributed by atoms with Crippen molar-refractivity contribution in [3.8, 4) is 0 Å². The summed E-state index contributed by atoms with van der Waals surface area (Å²) in [5, 5.41) is 8.50. The van der Waals surface area contributed by atoms with Gasteiger partial charge in [-0.2, -0.15) is 0 Å². The van der Waals surface area contributed by atoms with Crippen molar-refractivity contribution in [1.82, 2.24) is 4.72 Å². The van der Waals surface area contributed by atoms with Crippen molar-refractivity contribution < 1.29 is 18.3 Å². The van der Waals surface area contributed by atoms with Crippen molar-refractivity contribution in [2.75, 3.05) is 6.54 Å². The normalized spacial score (nSPS) is 11.5. The summed E-state index contributed by atoms with van der Waals surface area (Å²) < 4.78 is 28.0. The lowest BCUT2D eigenvalue weighted by Gasteiger charge is -2.09. The summed E-state index contributed by atoms with van der Waals surface area (Å²) in [7, 11) is -3.54. The Morgan fingerprint density at radius 3 is 2.48 bits per heavy atom. The van der Waals surface area contributed by atoms with Crippen molar-refractivity contribution in [3.05, 3.63) is 27.1 Å². The van der Waals surface area contributed by atoms with Gasteiger partial charge in [-0.25, -0.2) is 13.1 Å². The smallest absolute Gasteiger partial charge is 0.303 e. The van der Waals surface area contributed by atoms with Crippen LogP contribution in [0.5, 0.6) is 0 Å². The van der Waals surface area contributed by atoms with Gasteiger partial charge in [0, 0.05) is 21.9 Å². The lowest BCUT2D eigenvalue weighted by Crippen LogP contribution is -2.25. The fourth-order valence-corrected chi connectivity index (χ4v) is 4.30. The molecule has 0 saturated carbocycles. The molecule has 2 N–H and O–H groups in total. The number of hydrogen-bond donors (Lipinski definition) is 2. The first-order chi connectivity index (χ1) is 9.83. The van der Waals surface area contributed by atoms with E-state index >= 15 is 0 Å². The van der Waals surface area contributed by atoms with Gasteiger partial charge in [-0.1, -0.05) is 28.8 Å². The Labute approximate surface area is 141 Å². The predicted molar refractivity (Wildman–Crippen MR) is 87.8 cm³/mol.